The van der Waals surface area contributed by atoms with Gasteiger partial charge in [-0.05, 0) is 31.0 Å². The van der Waals surface area contributed by atoms with Gasteiger partial charge in [0, 0.05) is 30.5 Å². The van der Waals surface area contributed by atoms with Gasteiger partial charge in [0.15, 0.2) is 0 Å². The van der Waals surface area contributed by atoms with Gasteiger partial charge in [-0.1, -0.05) is 0 Å². The Bertz CT molecular complexity index is 362. The maximum Gasteiger partial charge on any atom is 0.124 e. The number of rotatable bonds is 4. The second-order valence-corrected chi connectivity index (χ2v) is 4.22. The third-order valence-corrected chi connectivity index (χ3v) is 3.04. The van der Waals surface area contributed by atoms with Crippen LogP contribution in [0, 0.1) is 0 Å². The molecule has 0 amide bonds. The number of ether oxygens (including phenoxy) is 2. The first-order valence-corrected chi connectivity index (χ1v) is 5.95. The lowest BCUT2D eigenvalue weighted by molar-refractivity contribution is 0.0904. The molecule has 2 rings (SSSR count). The lowest BCUT2D eigenvalue weighted by Gasteiger charge is -2.24. The number of methoxy groups -OCH3 is 1. The molecule has 0 aromatic heterocycles. The van der Waals surface area contributed by atoms with Crippen LogP contribution in [0.5, 0.6) is 5.75 Å². The minimum Gasteiger partial charge on any atom is -0.496 e. The summed E-state index contributed by atoms with van der Waals surface area (Å²) in [6, 6.07) is 6.26. The van der Waals surface area contributed by atoms with E-state index in [1.54, 1.807) is 7.11 Å². The van der Waals surface area contributed by atoms with Gasteiger partial charge in [0.05, 0.1) is 13.7 Å². The lowest BCUT2D eigenvalue weighted by atomic mass is 10.1. The molecule has 0 bridgehead atoms. The highest BCUT2D eigenvalue weighted by molar-refractivity contribution is 5.51. The molecule has 0 spiro atoms. The van der Waals surface area contributed by atoms with Gasteiger partial charge in [0.1, 0.15) is 5.75 Å². The van der Waals surface area contributed by atoms with Crippen molar-refractivity contribution in [3.8, 4) is 5.75 Å². The van der Waals surface area contributed by atoms with Crippen LogP contribution in [0.3, 0.4) is 0 Å². The quantitative estimate of drug-likeness (QED) is 0.838. The normalized spacial score (nSPS) is 16.8. The van der Waals surface area contributed by atoms with Crippen LogP contribution in [0.2, 0.25) is 0 Å². The van der Waals surface area contributed by atoms with E-state index in [4.69, 9.17) is 9.47 Å². The highest BCUT2D eigenvalue weighted by atomic mass is 16.5. The minimum absolute atomic E-state index is 0.00747. The minimum atomic E-state index is -0.00747. The molecule has 4 heteroatoms. The molecule has 0 saturated carbocycles. The number of anilines is 1. The molecule has 0 radical (unpaired) electrons. The zero-order valence-corrected chi connectivity index (χ0v) is 10.1. The third-order valence-electron chi connectivity index (χ3n) is 3.04. The Kier molecular flexibility index (Phi) is 4.23. The molecule has 1 fully saturated rings. The Labute approximate surface area is 102 Å². The Hall–Kier alpha value is -1.26. The number of hydrogen-bond acceptors (Lipinski definition) is 4. The van der Waals surface area contributed by atoms with Crippen molar-refractivity contribution in [1.82, 2.24) is 0 Å². The fourth-order valence-corrected chi connectivity index (χ4v) is 2.07. The highest BCUT2D eigenvalue weighted by Crippen LogP contribution is 2.24. The largest absolute Gasteiger partial charge is 0.496 e. The molecule has 0 unspecified atom stereocenters. The molecule has 17 heavy (non-hydrogen) atoms. The summed E-state index contributed by atoms with van der Waals surface area (Å²) < 4.78 is 10.5. The summed E-state index contributed by atoms with van der Waals surface area (Å²) in [7, 11) is 1.61. The highest BCUT2D eigenvalue weighted by Gasteiger charge is 2.13. The molecule has 1 aromatic rings. The number of aliphatic hydroxyl groups is 1. The summed E-state index contributed by atoms with van der Waals surface area (Å²) in [5.41, 5.74) is 1.84. The van der Waals surface area contributed by atoms with Crippen molar-refractivity contribution < 1.29 is 14.6 Å². The van der Waals surface area contributed by atoms with Gasteiger partial charge >= 0.3 is 0 Å². The van der Waals surface area contributed by atoms with E-state index in [1.807, 2.05) is 18.2 Å². The molecule has 1 aromatic carbocycles. The van der Waals surface area contributed by atoms with Gasteiger partial charge in [-0.25, -0.2) is 0 Å². The van der Waals surface area contributed by atoms with E-state index in [2.05, 4.69) is 5.32 Å². The Morgan fingerprint density at radius 2 is 2.18 bits per heavy atom. The number of nitrogens with one attached hydrogen (secondary N) is 1. The summed E-state index contributed by atoms with van der Waals surface area (Å²) in [5.74, 6) is 0.727. The second-order valence-electron chi connectivity index (χ2n) is 4.22. The smallest absolute Gasteiger partial charge is 0.124 e. The zero-order valence-electron chi connectivity index (χ0n) is 10.1. The summed E-state index contributed by atoms with van der Waals surface area (Å²) in [5, 5.41) is 12.7. The first-order chi connectivity index (χ1) is 8.33. The molecule has 0 aliphatic carbocycles. The van der Waals surface area contributed by atoms with Crippen molar-refractivity contribution in [2.45, 2.75) is 25.5 Å². The molecule has 0 atom stereocenters. The van der Waals surface area contributed by atoms with Gasteiger partial charge in [-0.15, -0.1) is 0 Å². The van der Waals surface area contributed by atoms with Crippen molar-refractivity contribution in [3.63, 3.8) is 0 Å². The van der Waals surface area contributed by atoms with Gasteiger partial charge in [-0.3, -0.25) is 0 Å². The van der Waals surface area contributed by atoms with E-state index in [-0.39, 0.29) is 6.61 Å². The van der Waals surface area contributed by atoms with Gasteiger partial charge in [0.2, 0.25) is 0 Å². The fraction of sp³-hybridized carbons (Fsp3) is 0.538. The summed E-state index contributed by atoms with van der Waals surface area (Å²) in [6.45, 7) is 1.63. The zero-order chi connectivity index (χ0) is 12.1. The molecule has 4 nitrogen and oxygen atoms in total. The molecule has 1 aliphatic rings. The summed E-state index contributed by atoms with van der Waals surface area (Å²) >= 11 is 0. The summed E-state index contributed by atoms with van der Waals surface area (Å²) in [4.78, 5) is 0. The van der Waals surface area contributed by atoms with Crippen LogP contribution in [0.1, 0.15) is 18.4 Å². The van der Waals surface area contributed by atoms with Crippen molar-refractivity contribution in [2.75, 3.05) is 25.6 Å². The van der Waals surface area contributed by atoms with Crippen LogP contribution in [0.4, 0.5) is 5.69 Å². The standard InChI is InChI=1S/C13H19NO3/c1-16-13-3-2-12(8-10(13)9-15)14-11-4-6-17-7-5-11/h2-3,8,11,14-15H,4-7,9H2,1H3. The topological polar surface area (TPSA) is 50.7 Å². The van der Waals surface area contributed by atoms with Crippen LogP contribution in [0.15, 0.2) is 18.2 Å². The van der Waals surface area contributed by atoms with Crippen LogP contribution in [0.25, 0.3) is 0 Å². The monoisotopic (exact) mass is 237 g/mol. The van der Waals surface area contributed by atoms with Gasteiger partial charge in [0.25, 0.3) is 0 Å². The predicted octanol–water partition coefficient (Wildman–Crippen LogP) is 1.78. The Morgan fingerprint density at radius 1 is 1.41 bits per heavy atom. The van der Waals surface area contributed by atoms with E-state index in [0.29, 0.717) is 6.04 Å². The maximum atomic E-state index is 9.25. The van der Waals surface area contributed by atoms with Crippen molar-refractivity contribution in [2.24, 2.45) is 0 Å². The van der Waals surface area contributed by atoms with Crippen LogP contribution < -0.4 is 10.1 Å². The van der Waals surface area contributed by atoms with Crippen LogP contribution >= 0.6 is 0 Å². The number of hydrogen-bond donors (Lipinski definition) is 2. The fourth-order valence-electron chi connectivity index (χ4n) is 2.07. The van der Waals surface area contributed by atoms with E-state index in [9.17, 15) is 5.11 Å². The van der Waals surface area contributed by atoms with Crippen molar-refractivity contribution in [1.29, 1.82) is 0 Å². The number of aliphatic hydroxyl groups excluding tert-OH is 1. The van der Waals surface area contributed by atoms with E-state index in [1.165, 1.54) is 0 Å². The molecule has 94 valence electrons. The van der Waals surface area contributed by atoms with Crippen LogP contribution in [-0.4, -0.2) is 31.5 Å². The van der Waals surface area contributed by atoms with Crippen molar-refractivity contribution >= 4 is 5.69 Å². The predicted molar refractivity (Wildman–Crippen MR) is 66.4 cm³/mol. The maximum absolute atomic E-state index is 9.25. The molecule has 1 saturated heterocycles. The molecule has 1 heterocycles. The number of benzene rings is 1. The molecular formula is C13H19NO3. The molecular weight excluding hydrogens is 218 g/mol. The average Bonchev–Trinajstić information content (AvgIpc) is 2.40. The summed E-state index contributed by atoms with van der Waals surface area (Å²) in [6.07, 6.45) is 2.06. The molecule has 1 aliphatic heterocycles. The third kappa shape index (κ3) is 3.11. The van der Waals surface area contributed by atoms with Gasteiger partial charge in [-0.2, -0.15) is 0 Å². The van der Waals surface area contributed by atoms with Crippen molar-refractivity contribution in [3.05, 3.63) is 23.8 Å². The SMILES string of the molecule is COc1ccc(NC2CCOCC2)cc1CO. The van der Waals surface area contributed by atoms with Crippen LogP contribution in [-0.2, 0) is 11.3 Å². The Balaban J connectivity index is 2.05. The second kappa shape index (κ2) is 5.89. The van der Waals surface area contributed by atoms with Gasteiger partial charge < -0.3 is 19.9 Å². The average molecular weight is 237 g/mol. The van der Waals surface area contributed by atoms with E-state index >= 15 is 0 Å². The lowest BCUT2D eigenvalue weighted by Crippen LogP contribution is -2.27. The first-order valence-electron chi connectivity index (χ1n) is 5.95. The molecule has 2 N–H and O–H groups in total. The van der Waals surface area contributed by atoms with E-state index < -0.39 is 0 Å². The first kappa shape index (κ1) is 12.2. The Morgan fingerprint density at radius 3 is 2.82 bits per heavy atom. The van der Waals surface area contributed by atoms with E-state index in [0.717, 1.165) is 43.1 Å².